The maximum Gasteiger partial charge on any atom is 0.0703 e. The smallest absolute Gasteiger partial charge is 0.0703 e. The second-order valence-corrected chi connectivity index (χ2v) is 7.61. The van der Waals surface area contributed by atoms with Crippen molar-refractivity contribution in [2.75, 3.05) is 0 Å². The minimum Gasteiger partial charge on any atom is -0.389 e. The average molecular weight is 292 g/mol. The molecule has 3 nitrogen and oxygen atoms in total. The van der Waals surface area contributed by atoms with E-state index in [9.17, 15) is 5.11 Å². The van der Waals surface area contributed by atoms with Crippen molar-refractivity contribution in [2.45, 2.75) is 85.3 Å². The molecule has 0 aliphatic heterocycles. The Labute approximate surface area is 129 Å². The standard InChI is InChI=1S/C18H32N2O/c1-6-17(4,5)15-8-10-18(21,11-9-15)13-16-12-14(3)19-20(16)7-2/h12,15,21H,6-11,13H2,1-5H3. The topological polar surface area (TPSA) is 38.0 Å². The van der Waals surface area contributed by atoms with E-state index in [1.165, 1.54) is 12.1 Å². The first-order valence-corrected chi connectivity index (χ1v) is 8.55. The molecular weight excluding hydrogens is 260 g/mol. The Hall–Kier alpha value is -0.830. The highest BCUT2D eigenvalue weighted by Gasteiger charge is 2.38. The lowest BCUT2D eigenvalue weighted by molar-refractivity contribution is -0.0289. The van der Waals surface area contributed by atoms with Crippen LogP contribution < -0.4 is 0 Å². The molecule has 1 aromatic rings. The van der Waals surface area contributed by atoms with E-state index in [-0.39, 0.29) is 0 Å². The predicted molar refractivity (Wildman–Crippen MR) is 87.3 cm³/mol. The number of aryl methyl sites for hydroxylation is 2. The Bertz CT molecular complexity index is 468. The second-order valence-electron chi connectivity index (χ2n) is 7.61. The summed E-state index contributed by atoms with van der Waals surface area (Å²) in [4.78, 5) is 0. The fraction of sp³-hybridized carbons (Fsp3) is 0.833. The molecule has 0 saturated heterocycles. The van der Waals surface area contributed by atoms with Crippen molar-refractivity contribution in [3.63, 3.8) is 0 Å². The lowest BCUT2D eigenvalue weighted by atomic mass is 9.66. The maximum atomic E-state index is 11.0. The van der Waals surface area contributed by atoms with Gasteiger partial charge < -0.3 is 5.11 Å². The van der Waals surface area contributed by atoms with Gasteiger partial charge in [0.05, 0.1) is 11.3 Å². The molecule has 1 N–H and O–H groups in total. The number of hydrogen-bond donors (Lipinski definition) is 1. The Balaban J connectivity index is 2.02. The van der Waals surface area contributed by atoms with Gasteiger partial charge >= 0.3 is 0 Å². The zero-order valence-corrected chi connectivity index (χ0v) is 14.4. The first kappa shape index (κ1) is 16.5. The first-order chi connectivity index (χ1) is 9.79. The summed E-state index contributed by atoms with van der Waals surface area (Å²) in [5.74, 6) is 0.751. The molecule has 0 bridgehead atoms. The molecule has 1 aliphatic rings. The lowest BCUT2D eigenvalue weighted by Gasteiger charge is -2.42. The number of hydrogen-bond acceptors (Lipinski definition) is 2. The SMILES string of the molecule is CCn1nc(C)cc1CC1(O)CCC(C(C)(C)CC)CC1. The molecule has 2 rings (SSSR count). The van der Waals surface area contributed by atoms with Gasteiger partial charge in [0.15, 0.2) is 0 Å². The van der Waals surface area contributed by atoms with Gasteiger partial charge in [-0.3, -0.25) is 4.68 Å². The van der Waals surface area contributed by atoms with Gasteiger partial charge in [0.2, 0.25) is 0 Å². The van der Waals surface area contributed by atoms with Crippen LogP contribution >= 0.6 is 0 Å². The van der Waals surface area contributed by atoms with Gasteiger partial charge in [-0.2, -0.15) is 5.10 Å². The number of aliphatic hydroxyl groups is 1. The number of rotatable bonds is 5. The summed E-state index contributed by atoms with van der Waals surface area (Å²) in [5, 5.41) is 15.5. The van der Waals surface area contributed by atoms with Crippen LogP contribution in [0.3, 0.4) is 0 Å². The Morgan fingerprint density at radius 2 is 1.95 bits per heavy atom. The molecule has 1 aliphatic carbocycles. The third-order valence-corrected chi connectivity index (χ3v) is 5.73. The monoisotopic (exact) mass is 292 g/mol. The number of nitrogens with zero attached hydrogens (tertiary/aromatic N) is 2. The van der Waals surface area contributed by atoms with Crippen LogP contribution in [0.25, 0.3) is 0 Å². The van der Waals surface area contributed by atoms with Crippen molar-refractivity contribution in [1.29, 1.82) is 0 Å². The highest BCUT2D eigenvalue weighted by atomic mass is 16.3. The predicted octanol–water partition coefficient (Wildman–Crippen LogP) is 4.11. The molecule has 1 saturated carbocycles. The molecule has 1 heterocycles. The van der Waals surface area contributed by atoms with Gasteiger partial charge in [-0.25, -0.2) is 0 Å². The van der Waals surface area contributed by atoms with E-state index >= 15 is 0 Å². The average Bonchev–Trinajstić information content (AvgIpc) is 2.78. The molecule has 1 fully saturated rings. The first-order valence-electron chi connectivity index (χ1n) is 8.55. The quantitative estimate of drug-likeness (QED) is 0.887. The van der Waals surface area contributed by atoms with Crippen molar-refractivity contribution in [3.8, 4) is 0 Å². The van der Waals surface area contributed by atoms with Crippen LogP contribution in [0.2, 0.25) is 0 Å². The normalized spacial score (nSPS) is 27.0. The summed E-state index contributed by atoms with van der Waals surface area (Å²) in [5.41, 5.74) is 2.12. The number of aromatic nitrogens is 2. The summed E-state index contributed by atoms with van der Waals surface area (Å²) in [6.45, 7) is 12.0. The van der Waals surface area contributed by atoms with Crippen LogP contribution in [0.5, 0.6) is 0 Å². The Morgan fingerprint density at radius 1 is 1.33 bits per heavy atom. The van der Waals surface area contributed by atoms with Crippen molar-refractivity contribution in [2.24, 2.45) is 11.3 Å². The van der Waals surface area contributed by atoms with E-state index < -0.39 is 5.60 Å². The third-order valence-electron chi connectivity index (χ3n) is 5.73. The van der Waals surface area contributed by atoms with Crippen LogP contribution in [0.15, 0.2) is 6.07 Å². The lowest BCUT2D eigenvalue weighted by Crippen LogP contribution is -2.40. The molecular formula is C18H32N2O. The minimum absolute atomic E-state index is 0.406. The summed E-state index contributed by atoms with van der Waals surface area (Å²) in [6.07, 6.45) is 6.12. The molecule has 0 amide bonds. The van der Waals surface area contributed by atoms with Crippen LogP contribution in [0.1, 0.15) is 71.2 Å². The molecule has 0 atom stereocenters. The van der Waals surface area contributed by atoms with E-state index in [0.29, 0.717) is 5.41 Å². The Morgan fingerprint density at radius 3 is 2.48 bits per heavy atom. The fourth-order valence-corrected chi connectivity index (χ4v) is 3.75. The van der Waals surface area contributed by atoms with Crippen LogP contribution in [0.4, 0.5) is 0 Å². The third kappa shape index (κ3) is 3.68. The highest BCUT2D eigenvalue weighted by molar-refractivity contribution is 5.12. The fourth-order valence-electron chi connectivity index (χ4n) is 3.75. The molecule has 3 heteroatoms. The minimum atomic E-state index is -0.528. The summed E-state index contributed by atoms with van der Waals surface area (Å²) < 4.78 is 2.04. The van der Waals surface area contributed by atoms with E-state index in [2.05, 4.69) is 38.9 Å². The molecule has 1 aromatic heterocycles. The molecule has 120 valence electrons. The molecule has 0 aromatic carbocycles. The zero-order chi connectivity index (χ0) is 15.7. The van der Waals surface area contributed by atoms with Crippen LogP contribution in [0, 0.1) is 18.3 Å². The molecule has 0 unspecified atom stereocenters. The second kappa shape index (κ2) is 6.12. The van der Waals surface area contributed by atoms with E-state index in [4.69, 9.17) is 0 Å². The van der Waals surface area contributed by atoms with Gasteiger partial charge in [-0.1, -0.05) is 27.2 Å². The van der Waals surface area contributed by atoms with E-state index in [1.807, 2.05) is 11.6 Å². The van der Waals surface area contributed by atoms with Gasteiger partial charge in [-0.15, -0.1) is 0 Å². The van der Waals surface area contributed by atoms with Crippen molar-refractivity contribution >= 4 is 0 Å². The van der Waals surface area contributed by atoms with Crippen LogP contribution in [-0.4, -0.2) is 20.5 Å². The molecule has 0 radical (unpaired) electrons. The molecule has 21 heavy (non-hydrogen) atoms. The van der Waals surface area contributed by atoms with Crippen molar-refractivity contribution in [1.82, 2.24) is 9.78 Å². The summed E-state index contributed by atoms with van der Waals surface area (Å²) in [6, 6.07) is 2.13. The van der Waals surface area contributed by atoms with Gasteiger partial charge in [0.25, 0.3) is 0 Å². The van der Waals surface area contributed by atoms with E-state index in [0.717, 1.165) is 50.3 Å². The summed E-state index contributed by atoms with van der Waals surface area (Å²) >= 11 is 0. The van der Waals surface area contributed by atoms with Gasteiger partial charge in [0, 0.05) is 18.7 Å². The Kier molecular flexibility index (Phi) is 4.82. The van der Waals surface area contributed by atoms with Crippen molar-refractivity contribution in [3.05, 3.63) is 17.5 Å². The van der Waals surface area contributed by atoms with E-state index in [1.54, 1.807) is 0 Å². The van der Waals surface area contributed by atoms with Gasteiger partial charge in [0.1, 0.15) is 0 Å². The van der Waals surface area contributed by atoms with Gasteiger partial charge in [-0.05, 0) is 56.9 Å². The summed E-state index contributed by atoms with van der Waals surface area (Å²) in [7, 11) is 0. The zero-order valence-electron chi connectivity index (χ0n) is 14.4. The maximum absolute atomic E-state index is 11.0. The largest absolute Gasteiger partial charge is 0.389 e. The van der Waals surface area contributed by atoms with Crippen LogP contribution in [-0.2, 0) is 13.0 Å². The highest BCUT2D eigenvalue weighted by Crippen LogP contribution is 2.44. The molecule has 0 spiro atoms. The van der Waals surface area contributed by atoms with Crippen molar-refractivity contribution < 1.29 is 5.11 Å².